The van der Waals surface area contributed by atoms with Gasteiger partial charge in [0.1, 0.15) is 11.3 Å². The predicted octanol–water partition coefficient (Wildman–Crippen LogP) is 3.54. The van der Waals surface area contributed by atoms with Gasteiger partial charge in [0.2, 0.25) is 0 Å². The predicted molar refractivity (Wildman–Crippen MR) is 107 cm³/mol. The minimum absolute atomic E-state index is 0.0552. The van der Waals surface area contributed by atoms with E-state index >= 15 is 0 Å². The molecular weight excluding hydrogens is 362 g/mol. The van der Waals surface area contributed by atoms with E-state index < -0.39 is 0 Å². The maximum Gasteiger partial charge on any atom is 0.321 e. The lowest BCUT2D eigenvalue weighted by Gasteiger charge is -2.18. The number of thiophene rings is 1. The SMILES string of the molecule is COc1ccc(NC(=O)N2C[C@@H](CO)[C@H](c3ccsc3)C2)c2cccnc12. The molecule has 1 aliphatic heterocycles. The highest BCUT2D eigenvalue weighted by Crippen LogP contribution is 2.35. The monoisotopic (exact) mass is 383 g/mol. The molecule has 0 unspecified atom stereocenters. The van der Waals surface area contributed by atoms with Gasteiger partial charge in [-0.2, -0.15) is 11.3 Å². The van der Waals surface area contributed by atoms with Crippen molar-refractivity contribution in [2.75, 3.05) is 32.1 Å². The van der Waals surface area contributed by atoms with Gasteiger partial charge >= 0.3 is 6.03 Å². The third-order valence-electron chi connectivity index (χ3n) is 5.13. The summed E-state index contributed by atoms with van der Waals surface area (Å²) < 4.78 is 5.36. The summed E-state index contributed by atoms with van der Waals surface area (Å²) >= 11 is 1.64. The summed E-state index contributed by atoms with van der Waals surface area (Å²) in [6, 6.07) is 9.29. The first-order valence-corrected chi connectivity index (χ1v) is 9.76. The Kier molecular flexibility index (Phi) is 4.96. The number of hydrogen-bond donors (Lipinski definition) is 2. The Morgan fingerprint density at radius 1 is 1.37 bits per heavy atom. The Labute approximate surface area is 161 Å². The van der Waals surface area contributed by atoms with Crippen LogP contribution in [0.3, 0.4) is 0 Å². The number of likely N-dealkylation sites (tertiary alicyclic amines) is 1. The molecule has 0 aliphatic carbocycles. The van der Waals surface area contributed by atoms with E-state index in [1.807, 2.05) is 23.6 Å². The fraction of sp³-hybridized carbons (Fsp3) is 0.300. The highest BCUT2D eigenvalue weighted by atomic mass is 32.1. The van der Waals surface area contributed by atoms with Gasteiger partial charge in [-0.15, -0.1) is 0 Å². The van der Waals surface area contributed by atoms with E-state index in [0.717, 1.165) is 5.39 Å². The van der Waals surface area contributed by atoms with Gasteiger partial charge in [-0.25, -0.2) is 4.79 Å². The molecule has 0 radical (unpaired) electrons. The van der Waals surface area contributed by atoms with E-state index in [0.29, 0.717) is 30.0 Å². The largest absolute Gasteiger partial charge is 0.494 e. The number of pyridine rings is 1. The number of nitrogens with zero attached hydrogens (tertiary/aromatic N) is 2. The molecule has 1 aliphatic rings. The van der Waals surface area contributed by atoms with Gasteiger partial charge in [0.25, 0.3) is 0 Å². The number of methoxy groups -OCH3 is 1. The van der Waals surface area contributed by atoms with Crippen LogP contribution in [0, 0.1) is 5.92 Å². The Bertz CT molecular complexity index is 945. The lowest BCUT2D eigenvalue weighted by molar-refractivity contribution is 0.207. The van der Waals surface area contributed by atoms with Crippen LogP contribution in [0.25, 0.3) is 10.9 Å². The van der Waals surface area contributed by atoms with Gasteiger partial charge in [-0.3, -0.25) is 4.98 Å². The van der Waals surface area contributed by atoms with Gasteiger partial charge < -0.3 is 20.1 Å². The second-order valence-electron chi connectivity index (χ2n) is 6.66. The van der Waals surface area contributed by atoms with Gasteiger partial charge in [-0.05, 0) is 46.7 Å². The number of benzene rings is 1. The van der Waals surface area contributed by atoms with Crippen LogP contribution in [0.1, 0.15) is 11.5 Å². The molecule has 2 aromatic heterocycles. The molecule has 7 heteroatoms. The number of carbonyl (C=O) groups is 1. The topological polar surface area (TPSA) is 74.7 Å². The summed E-state index contributed by atoms with van der Waals surface area (Å²) in [5.74, 6) is 0.892. The Morgan fingerprint density at radius 3 is 3.00 bits per heavy atom. The average Bonchev–Trinajstić information content (AvgIpc) is 3.37. The van der Waals surface area contributed by atoms with Crippen LogP contribution in [0.4, 0.5) is 10.5 Å². The van der Waals surface area contributed by atoms with Crippen molar-refractivity contribution in [2.45, 2.75) is 5.92 Å². The molecule has 1 aromatic carbocycles. The van der Waals surface area contributed by atoms with E-state index in [-0.39, 0.29) is 24.5 Å². The number of aliphatic hydroxyl groups excluding tert-OH is 1. The number of aliphatic hydroxyl groups is 1. The minimum atomic E-state index is -0.165. The van der Waals surface area contributed by atoms with Crippen LogP contribution in [0.5, 0.6) is 5.75 Å². The molecule has 1 fully saturated rings. The minimum Gasteiger partial charge on any atom is -0.494 e. The number of ether oxygens (including phenoxy) is 1. The summed E-state index contributed by atoms with van der Waals surface area (Å²) in [4.78, 5) is 19.0. The summed E-state index contributed by atoms with van der Waals surface area (Å²) in [6.45, 7) is 1.20. The van der Waals surface area contributed by atoms with E-state index in [1.165, 1.54) is 5.56 Å². The lowest BCUT2D eigenvalue weighted by Crippen LogP contribution is -2.33. The zero-order chi connectivity index (χ0) is 18.8. The number of nitrogens with one attached hydrogen (secondary N) is 1. The van der Waals surface area contributed by atoms with Crippen molar-refractivity contribution < 1.29 is 14.6 Å². The molecule has 0 saturated carbocycles. The van der Waals surface area contributed by atoms with E-state index in [9.17, 15) is 9.90 Å². The van der Waals surface area contributed by atoms with Crippen molar-refractivity contribution in [3.05, 3.63) is 52.9 Å². The normalized spacial score (nSPS) is 19.4. The first-order chi connectivity index (χ1) is 13.2. The van der Waals surface area contributed by atoms with Crippen LogP contribution < -0.4 is 10.1 Å². The third-order valence-corrected chi connectivity index (χ3v) is 5.83. The molecule has 6 nitrogen and oxygen atoms in total. The lowest BCUT2D eigenvalue weighted by atomic mass is 9.92. The first kappa shape index (κ1) is 17.8. The highest BCUT2D eigenvalue weighted by Gasteiger charge is 2.36. The quantitative estimate of drug-likeness (QED) is 0.723. The second kappa shape index (κ2) is 7.54. The number of carbonyl (C=O) groups excluding carboxylic acids is 1. The number of urea groups is 1. The van der Waals surface area contributed by atoms with E-state index in [2.05, 4.69) is 21.7 Å². The molecule has 0 bridgehead atoms. The summed E-state index contributed by atoms with van der Waals surface area (Å²) in [5.41, 5.74) is 2.60. The molecule has 3 heterocycles. The molecule has 1 saturated heterocycles. The zero-order valence-corrected chi connectivity index (χ0v) is 15.8. The number of rotatable bonds is 4. The van der Waals surface area contributed by atoms with Gasteiger partial charge in [0.05, 0.1) is 12.8 Å². The number of aromatic nitrogens is 1. The van der Waals surface area contributed by atoms with Crippen LogP contribution in [0.15, 0.2) is 47.3 Å². The molecule has 0 spiro atoms. The summed E-state index contributed by atoms with van der Waals surface area (Å²) in [5, 5.41) is 17.7. The highest BCUT2D eigenvalue weighted by molar-refractivity contribution is 7.08. The molecule has 2 amide bonds. The molecule has 3 aromatic rings. The second-order valence-corrected chi connectivity index (χ2v) is 7.44. The molecule has 2 N–H and O–H groups in total. The average molecular weight is 383 g/mol. The van der Waals surface area contributed by atoms with Gasteiger partial charge in [0.15, 0.2) is 0 Å². The Morgan fingerprint density at radius 2 is 2.26 bits per heavy atom. The van der Waals surface area contributed by atoms with Crippen LogP contribution >= 0.6 is 11.3 Å². The number of amides is 2. The number of anilines is 1. The fourth-order valence-corrected chi connectivity index (χ4v) is 4.43. The van der Waals surface area contributed by atoms with Crippen molar-refractivity contribution in [3.8, 4) is 5.75 Å². The Balaban J connectivity index is 1.56. The third kappa shape index (κ3) is 3.36. The summed E-state index contributed by atoms with van der Waals surface area (Å²) in [7, 11) is 1.60. The molecule has 27 heavy (non-hydrogen) atoms. The van der Waals surface area contributed by atoms with E-state index in [1.54, 1.807) is 35.6 Å². The Hall–Kier alpha value is -2.64. The van der Waals surface area contributed by atoms with Gasteiger partial charge in [-0.1, -0.05) is 0 Å². The molecule has 4 rings (SSSR count). The smallest absolute Gasteiger partial charge is 0.321 e. The van der Waals surface area contributed by atoms with Crippen molar-refractivity contribution in [3.63, 3.8) is 0 Å². The molecule has 2 atom stereocenters. The van der Waals surface area contributed by atoms with Crippen molar-refractivity contribution in [2.24, 2.45) is 5.92 Å². The van der Waals surface area contributed by atoms with Crippen molar-refractivity contribution in [1.29, 1.82) is 0 Å². The molecular formula is C20H21N3O3S. The zero-order valence-electron chi connectivity index (χ0n) is 15.0. The standard InChI is InChI=1S/C20H21N3O3S/c1-26-18-5-4-17(15-3-2-7-21-19(15)18)22-20(25)23-9-14(11-24)16(10-23)13-6-8-27-12-13/h2-8,12,14,16,24H,9-11H2,1H3,(H,22,25)/t14-,16-/m0/s1. The first-order valence-electron chi connectivity index (χ1n) is 8.82. The summed E-state index contributed by atoms with van der Waals surface area (Å²) in [6.07, 6.45) is 1.70. The van der Waals surface area contributed by atoms with E-state index in [4.69, 9.17) is 4.74 Å². The van der Waals surface area contributed by atoms with Crippen molar-refractivity contribution >= 4 is 34.0 Å². The van der Waals surface area contributed by atoms with Crippen LogP contribution in [-0.4, -0.2) is 47.8 Å². The molecule has 140 valence electrons. The van der Waals surface area contributed by atoms with Crippen LogP contribution in [-0.2, 0) is 0 Å². The maximum atomic E-state index is 12.9. The fourth-order valence-electron chi connectivity index (χ4n) is 3.70. The number of hydrogen-bond acceptors (Lipinski definition) is 5. The maximum absolute atomic E-state index is 12.9. The number of fused-ring (bicyclic) bond motifs is 1. The van der Waals surface area contributed by atoms with Gasteiger partial charge in [0, 0.05) is 43.1 Å². The van der Waals surface area contributed by atoms with Crippen LogP contribution in [0.2, 0.25) is 0 Å². The van der Waals surface area contributed by atoms with Crippen molar-refractivity contribution in [1.82, 2.24) is 9.88 Å².